The Morgan fingerprint density at radius 3 is 2.68 bits per heavy atom. The van der Waals surface area contributed by atoms with Crippen molar-refractivity contribution in [3.63, 3.8) is 0 Å². The zero-order chi connectivity index (χ0) is 20.1. The van der Waals surface area contributed by atoms with Crippen LogP contribution in [0.1, 0.15) is 24.9 Å². The molecule has 2 atom stereocenters. The van der Waals surface area contributed by atoms with E-state index in [1.54, 1.807) is 26.2 Å². The molecule has 8 heteroatoms. The summed E-state index contributed by atoms with van der Waals surface area (Å²) in [4.78, 5) is 27.2. The number of ether oxygens (including phenoxy) is 2. The quantitative estimate of drug-likeness (QED) is 0.606. The largest absolute Gasteiger partial charge is 0.497 e. The molecule has 1 fully saturated rings. The molecule has 0 spiro atoms. The Kier molecular flexibility index (Phi) is 6.53. The maximum atomic E-state index is 12.8. The van der Waals surface area contributed by atoms with E-state index in [1.807, 2.05) is 12.1 Å². The Morgan fingerprint density at radius 2 is 2.07 bits per heavy atom. The molecule has 0 bridgehead atoms. The molecule has 2 amide bonds. The predicted octanol–water partition coefficient (Wildman–Crippen LogP) is 1.18. The van der Waals surface area contributed by atoms with Gasteiger partial charge in [0, 0.05) is 25.4 Å². The number of benzene rings is 1. The van der Waals surface area contributed by atoms with E-state index in [4.69, 9.17) is 9.47 Å². The number of likely N-dealkylation sites (tertiary alicyclic amines) is 1. The van der Waals surface area contributed by atoms with Crippen LogP contribution < -0.4 is 15.4 Å². The van der Waals surface area contributed by atoms with E-state index >= 15 is 0 Å². The number of hydrogen-bond acceptors (Lipinski definition) is 6. The SMILES string of the molecule is CCOC(=O)C1=C(CN2CC[C@H](CO)C2)NC(=O)N[C@H]1c1ccc(OC)cc1. The van der Waals surface area contributed by atoms with E-state index < -0.39 is 12.0 Å². The lowest BCUT2D eigenvalue weighted by atomic mass is 9.95. The van der Waals surface area contributed by atoms with Gasteiger partial charge in [0.2, 0.25) is 0 Å². The zero-order valence-electron chi connectivity index (χ0n) is 16.2. The van der Waals surface area contributed by atoms with E-state index in [2.05, 4.69) is 15.5 Å². The summed E-state index contributed by atoms with van der Waals surface area (Å²) in [7, 11) is 1.58. The molecule has 1 aromatic rings. The van der Waals surface area contributed by atoms with Crippen LogP contribution in [0.5, 0.6) is 5.75 Å². The zero-order valence-corrected chi connectivity index (χ0v) is 16.2. The summed E-state index contributed by atoms with van der Waals surface area (Å²) >= 11 is 0. The van der Waals surface area contributed by atoms with Crippen molar-refractivity contribution in [1.82, 2.24) is 15.5 Å². The molecule has 3 N–H and O–H groups in total. The van der Waals surface area contributed by atoms with Gasteiger partial charge in [-0.3, -0.25) is 4.90 Å². The molecule has 0 saturated carbocycles. The lowest BCUT2D eigenvalue weighted by Crippen LogP contribution is -2.48. The molecule has 2 aliphatic heterocycles. The van der Waals surface area contributed by atoms with E-state index in [-0.39, 0.29) is 25.2 Å². The monoisotopic (exact) mass is 389 g/mol. The summed E-state index contributed by atoms with van der Waals surface area (Å²) in [5, 5.41) is 15.0. The highest BCUT2D eigenvalue weighted by molar-refractivity contribution is 5.95. The molecule has 3 rings (SSSR count). The van der Waals surface area contributed by atoms with Crippen LogP contribution in [0.25, 0.3) is 0 Å². The maximum Gasteiger partial charge on any atom is 0.338 e. The molecule has 8 nitrogen and oxygen atoms in total. The highest BCUT2D eigenvalue weighted by Gasteiger charge is 2.35. The number of nitrogens with zero attached hydrogens (tertiary/aromatic N) is 1. The third kappa shape index (κ3) is 4.45. The number of amides is 2. The number of esters is 1. The van der Waals surface area contributed by atoms with Crippen molar-refractivity contribution in [3.8, 4) is 5.75 Å². The Balaban J connectivity index is 1.94. The highest BCUT2D eigenvalue weighted by Crippen LogP contribution is 2.30. The molecule has 1 saturated heterocycles. The van der Waals surface area contributed by atoms with Gasteiger partial charge in [0.05, 0.1) is 25.3 Å². The van der Waals surface area contributed by atoms with E-state index in [0.29, 0.717) is 23.6 Å². The lowest BCUT2D eigenvalue weighted by Gasteiger charge is -2.31. The Morgan fingerprint density at radius 1 is 1.32 bits per heavy atom. The number of carbonyl (C=O) groups is 2. The van der Waals surface area contributed by atoms with Crippen LogP contribution in [-0.4, -0.2) is 62.0 Å². The number of aliphatic hydroxyl groups excluding tert-OH is 1. The fourth-order valence-electron chi connectivity index (χ4n) is 3.67. The van der Waals surface area contributed by atoms with Crippen LogP contribution in [0.4, 0.5) is 4.79 Å². The van der Waals surface area contributed by atoms with E-state index in [0.717, 1.165) is 25.1 Å². The van der Waals surface area contributed by atoms with Gasteiger partial charge in [0.25, 0.3) is 0 Å². The molecule has 0 unspecified atom stereocenters. The number of rotatable bonds is 7. The molecule has 152 valence electrons. The van der Waals surface area contributed by atoms with Crippen LogP contribution in [0.3, 0.4) is 0 Å². The van der Waals surface area contributed by atoms with Crippen LogP contribution in [0, 0.1) is 5.92 Å². The molecular weight excluding hydrogens is 362 g/mol. The molecule has 0 aliphatic carbocycles. The second-order valence-corrected chi connectivity index (χ2v) is 6.99. The summed E-state index contributed by atoms with van der Waals surface area (Å²) < 4.78 is 10.5. The first kappa shape index (κ1) is 20.2. The second-order valence-electron chi connectivity index (χ2n) is 6.99. The van der Waals surface area contributed by atoms with Crippen molar-refractivity contribution in [2.45, 2.75) is 19.4 Å². The Hall–Kier alpha value is -2.58. The number of methoxy groups -OCH3 is 1. The fourth-order valence-corrected chi connectivity index (χ4v) is 3.67. The van der Waals surface area contributed by atoms with Gasteiger partial charge in [0.1, 0.15) is 5.75 Å². The summed E-state index contributed by atoms with van der Waals surface area (Å²) in [6, 6.07) is 6.26. The minimum absolute atomic E-state index is 0.142. The van der Waals surface area contributed by atoms with E-state index in [1.165, 1.54) is 0 Å². The molecule has 1 aromatic carbocycles. The van der Waals surface area contributed by atoms with Crippen molar-refractivity contribution in [3.05, 3.63) is 41.1 Å². The third-order valence-corrected chi connectivity index (χ3v) is 5.11. The summed E-state index contributed by atoms with van der Waals surface area (Å²) in [6.07, 6.45) is 0.895. The molecule has 2 aliphatic rings. The van der Waals surface area contributed by atoms with Gasteiger partial charge in [-0.05, 0) is 43.5 Å². The van der Waals surface area contributed by atoms with Gasteiger partial charge in [-0.25, -0.2) is 9.59 Å². The Labute approximate surface area is 164 Å². The van der Waals surface area contributed by atoms with Gasteiger partial charge in [-0.2, -0.15) is 0 Å². The molecular formula is C20H27N3O5. The first-order valence-electron chi connectivity index (χ1n) is 9.50. The van der Waals surface area contributed by atoms with Gasteiger partial charge in [0.15, 0.2) is 0 Å². The van der Waals surface area contributed by atoms with Crippen molar-refractivity contribution in [1.29, 1.82) is 0 Å². The summed E-state index contributed by atoms with van der Waals surface area (Å²) in [6.45, 7) is 4.10. The van der Waals surface area contributed by atoms with Gasteiger partial charge in [-0.15, -0.1) is 0 Å². The standard InChI is InChI=1S/C20H27N3O5/c1-3-28-19(25)17-16(11-23-9-8-13(10-23)12-24)21-20(26)22-18(17)14-4-6-15(27-2)7-5-14/h4-7,13,18,24H,3,8-12H2,1-2H3,(H2,21,22,26)/t13-,18-/m0/s1. The highest BCUT2D eigenvalue weighted by atomic mass is 16.5. The minimum atomic E-state index is -0.607. The lowest BCUT2D eigenvalue weighted by molar-refractivity contribution is -0.139. The van der Waals surface area contributed by atoms with Gasteiger partial charge in [-0.1, -0.05) is 12.1 Å². The second kappa shape index (κ2) is 9.07. The number of nitrogens with one attached hydrogen (secondary N) is 2. The normalized spacial score (nSPS) is 22.6. The van der Waals surface area contributed by atoms with Gasteiger partial charge >= 0.3 is 12.0 Å². The van der Waals surface area contributed by atoms with E-state index in [9.17, 15) is 14.7 Å². The summed E-state index contributed by atoms with van der Waals surface area (Å²) in [5.41, 5.74) is 1.71. The third-order valence-electron chi connectivity index (χ3n) is 5.11. The predicted molar refractivity (Wildman–Crippen MR) is 103 cm³/mol. The number of hydrogen-bond donors (Lipinski definition) is 3. The average Bonchev–Trinajstić information content (AvgIpc) is 3.15. The first-order chi connectivity index (χ1) is 13.5. The van der Waals surface area contributed by atoms with Crippen LogP contribution >= 0.6 is 0 Å². The van der Waals surface area contributed by atoms with Gasteiger partial charge < -0.3 is 25.2 Å². The molecule has 0 radical (unpaired) electrons. The van der Waals surface area contributed by atoms with Crippen molar-refractivity contribution >= 4 is 12.0 Å². The van der Waals surface area contributed by atoms with Crippen LogP contribution in [0.2, 0.25) is 0 Å². The van der Waals surface area contributed by atoms with Crippen LogP contribution in [-0.2, 0) is 9.53 Å². The average molecular weight is 389 g/mol. The minimum Gasteiger partial charge on any atom is -0.497 e. The molecule has 2 heterocycles. The number of aliphatic hydroxyl groups is 1. The Bertz CT molecular complexity index is 747. The molecule has 0 aromatic heterocycles. The van der Waals surface area contributed by atoms with Crippen molar-refractivity contribution in [2.75, 3.05) is 40.0 Å². The van der Waals surface area contributed by atoms with Crippen molar-refractivity contribution in [2.24, 2.45) is 5.92 Å². The van der Waals surface area contributed by atoms with Crippen molar-refractivity contribution < 1.29 is 24.2 Å². The topological polar surface area (TPSA) is 100 Å². The van der Waals surface area contributed by atoms with Crippen LogP contribution in [0.15, 0.2) is 35.5 Å². The maximum absolute atomic E-state index is 12.8. The fraction of sp³-hybridized carbons (Fsp3) is 0.500. The number of urea groups is 1. The molecule has 28 heavy (non-hydrogen) atoms. The summed E-state index contributed by atoms with van der Waals surface area (Å²) in [5.74, 6) is 0.461. The smallest absolute Gasteiger partial charge is 0.338 e. The number of carbonyl (C=O) groups excluding carboxylic acids is 2. The first-order valence-corrected chi connectivity index (χ1v) is 9.50.